The molecule has 3 aromatic rings. The Morgan fingerprint density at radius 2 is 2.05 bits per heavy atom. The van der Waals surface area contributed by atoms with Crippen LogP contribution in [0.3, 0.4) is 0 Å². The van der Waals surface area contributed by atoms with E-state index in [1.165, 1.54) is 0 Å². The van der Waals surface area contributed by atoms with Gasteiger partial charge in [-0.15, -0.1) is 11.3 Å². The average Bonchev–Trinajstić information content (AvgIpc) is 2.99. The van der Waals surface area contributed by atoms with Crippen LogP contribution in [0.25, 0.3) is 10.9 Å². The number of thiazole rings is 1. The van der Waals surface area contributed by atoms with Gasteiger partial charge in [0.25, 0.3) is 0 Å². The number of hydrogen-bond donors (Lipinski definition) is 1. The predicted molar refractivity (Wildman–Crippen MR) is 85.7 cm³/mol. The highest BCUT2D eigenvalue weighted by molar-refractivity contribution is 7.11. The molecule has 0 fully saturated rings. The molecule has 1 aromatic carbocycles. The van der Waals surface area contributed by atoms with Crippen molar-refractivity contribution < 1.29 is 5.11 Å². The molecule has 1 unspecified atom stereocenters. The first-order valence-corrected chi connectivity index (χ1v) is 7.98. The van der Waals surface area contributed by atoms with Crippen LogP contribution >= 0.6 is 11.3 Å². The number of benzene rings is 1. The van der Waals surface area contributed by atoms with Gasteiger partial charge in [-0.05, 0) is 26.8 Å². The van der Waals surface area contributed by atoms with Crippen LogP contribution in [0, 0.1) is 13.8 Å². The summed E-state index contributed by atoms with van der Waals surface area (Å²) in [6, 6.07) is 8.18. The Bertz CT molecular complexity index is 775. The van der Waals surface area contributed by atoms with Gasteiger partial charge < -0.3 is 5.11 Å². The van der Waals surface area contributed by atoms with Crippen molar-refractivity contribution in [2.24, 2.45) is 0 Å². The SMILES string of the molecule is CCn1nc(CC(O)c2sc(C)nc2C)c2ccccc21. The van der Waals surface area contributed by atoms with Crippen LogP contribution in [0.4, 0.5) is 0 Å². The molecule has 2 aromatic heterocycles. The summed E-state index contributed by atoms with van der Waals surface area (Å²) >= 11 is 1.56. The van der Waals surface area contributed by atoms with E-state index in [4.69, 9.17) is 0 Å². The largest absolute Gasteiger partial charge is 0.387 e. The highest BCUT2D eigenvalue weighted by atomic mass is 32.1. The van der Waals surface area contributed by atoms with E-state index >= 15 is 0 Å². The second-order valence-electron chi connectivity index (χ2n) is 5.18. The van der Waals surface area contributed by atoms with E-state index in [2.05, 4.69) is 29.1 Å². The number of aromatic nitrogens is 3. The Labute approximate surface area is 128 Å². The third kappa shape index (κ3) is 2.59. The first-order valence-electron chi connectivity index (χ1n) is 7.16. The van der Waals surface area contributed by atoms with Gasteiger partial charge in [0.1, 0.15) is 0 Å². The molecule has 0 bridgehead atoms. The lowest BCUT2D eigenvalue weighted by atomic mass is 10.1. The molecular weight excluding hydrogens is 282 g/mol. The summed E-state index contributed by atoms with van der Waals surface area (Å²) < 4.78 is 1.99. The average molecular weight is 301 g/mol. The molecule has 0 saturated heterocycles. The molecule has 0 aliphatic carbocycles. The minimum Gasteiger partial charge on any atom is -0.387 e. The number of para-hydroxylation sites is 1. The third-order valence-corrected chi connectivity index (χ3v) is 4.84. The number of aryl methyl sites for hydroxylation is 3. The quantitative estimate of drug-likeness (QED) is 0.803. The molecular formula is C16H19N3OS. The van der Waals surface area contributed by atoms with E-state index in [1.807, 2.05) is 30.7 Å². The summed E-state index contributed by atoms with van der Waals surface area (Å²) in [6.45, 7) is 6.82. The highest BCUT2D eigenvalue weighted by Gasteiger charge is 2.19. The van der Waals surface area contributed by atoms with Crippen molar-refractivity contribution in [3.8, 4) is 0 Å². The Balaban J connectivity index is 1.96. The van der Waals surface area contributed by atoms with Crippen LogP contribution in [0.2, 0.25) is 0 Å². The van der Waals surface area contributed by atoms with Crippen LogP contribution in [0.1, 0.15) is 34.3 Å². The lowest BCUT2D eigenvalue weighted by molar-refractivity contribution is 0.180. The molecule has 1 N–H and O–H groups in total. The van der Waals surface area contributed by atoms with Gasteiger partial charge in [-0.2, -0.15) is 5.10 Å². The van der Waals surface area contributed by atoms with Gasteiger partial charge in [0, 0.05) is 18.4 Å². The second-order valence-corrected chi connectivity index (χ2v) is 6.42. The number of nitrogens with zero attached hydrogens (tertiary/aromatic N) is 3. The predicted octanol–water partition coefficient (Wildman–Crippen LogP) is 3.41. The van der Waals surface area contributed by atoms with E-state index in [9.17, 15) is 5.11 Å². The summed E-state index contributed by atoms with van der Waals surface area (Å²) in [7, 11) is 0. The number of aliphatic hydroxyl groups excluding tert-OH is 1. The lowest BCUT2D eigenvalue weighted by Crippen LogP contribution is -2.03. The highest BCUT2D eigenvalue weighted by Crippen LogP contribution is 2.29. The standard InChI is InChI=1S/C16H19N3OS/c1-4-19-14-8-6-5-7-12(14)13(18-19)9-15(20)16-10(2)17-11(3)21-16/h5-8,15,20H,4,9H2,1-3H3. The van der Waals surface area contributed by atoms with Crippen LogP contribution < -0.4 is 0 Å². The fourth-order valence-corrected chi connectivity index (χ4v) is 3.63. The minimum atomic E-state index is -0.542. The normalized spacial score (nSPS) is 13.0. The monoisotopic (exact) mass is 301 g/mol. The summed E-state index contributed by atoms with van der Waals surface area (Å²) in [4.78, 5) is 5.34. The van der Waals surface area contributed by atoms with Gasteiger partial charge in [-0.3, -0.25) is 4.68 Å². The zero-order valence-electron chi connectivity index (χ0n) is 12.5. The molecule has 0 amide bonds. The van der Waals surface area contributed by atoms with Crippen molar-refractivity contribution in [1.82, 2.24) is 14.8 Å². The van der Waals surface area contributed by atoms with Crippen LogP contribution in [0.15, 0.2) is 24.3 Å². The smallest absolute Gasteiger partial charge is 0.0957 e. The van der Waals surface area contributed by atoms with E-state index in [1.54, 1.807) is 11.3 Å². The van der Waals surface area contributed by atoms with Gasteiger partial charge in [0.15, 0.2) is 0 Å². The Morgan fingerprint density at radius 3 is 2.71 bits per heavy atom. The maximum absolute atomic E-state index is 10.5. The summed E-state index contributed by atoms with van der Waals surface area (Å²) in [5, 5.41) is 17.3. The summed E-state index contributed by atoms with van der Waals surface area (Å²) in [6.07, 6.45) is -0.0180. The topological polar surface area (TPSA) is 50.9 Å². The molecule has 21 heavy (non-hydrogen) atoms. The molecule has 2 heterocycles. The van der Waals surface area contributed by atoms with E-state index in [-0.39, 0.29) is 0 Å². The van der Waals surface area contributed by atoms with Gasteiger partial charge in [0.2, 0.25) is 0 Å². The molecule has 0 aliphatic heterocycles. The fourth-order valence-electron chi connectivity index (χ4n) is 2.72. The van der Waals surface area contributed by atoms with Crippen LogP contribution in [-0.2, 0) is 13.0 Å². The lowest BCUT2D eigenvalue weighted by Gasteiger charge is -2.07. The zero-order chi connectivity index (χ0) is 15.0. The molecule has 110 valence electrons. The van der Waals surface area contributed by atoms with Crippen molar-refractivity contribution in [3.05, 3.63) is 45.5 Å². The molecule has 0 radical (unpaired) electrons. The zero-order valence-corrected chi connectivity index (χ0v) is 13.3. The van der Waals surface area contributed by atoms with Gasteiger partial charge in [-0.25, -0.2) is 4.98 Å². The molecule has 3 rings (SSSR count). The first kappa shape index (κ1) is 14.2. The van der Waals surface area contributed by atoms with Gasteiger partial charge in [0.05, 0.1) is 32.9 Å². The number of hydrogen-bond acceptors (Lipinski definition) is 4. The molecule has 0 aliphatic rings. The molecule has 0 saturated carbocycles. The van der Waals surface area contributed by atoms with E-state index in [0.29, 0.717) is 6.42 Å². The van der Waals surface area contributed by atoms with Gasteiger partial charge in [-0.1, -0.05) is 18.2 Å². The van der Waals surface area contributed by atoms with Gasteiger partial charge >= 0.3 is 0 Å². The molecule has 0 spiro atoms. The second kappa shape index (κ2) is 5.58. The van der Waals surface area contributed by atoms with E-state index < -0.39 is 6.10 Å². The summed E-state index contributed by atoms with van der Waals surface area (Å²) in [5.74, 6) is 0. The van der Waals surface area contributed by atoms with Crippen LogP contribution in [0.5, 0.6) is 0 Å². The maximum Gasteiger partial charge on any atom is 0.0957 e. The van der Waals surface area contributed by atoms with Crippen molar-refractivity contribution in [2.75, 3.05) is 0 Å². The first-order chi connectivity index (χ1) is 10.1. The maximum atomic E-state index is 10.5. The third-order valence-electron chi connectivity index (χ3n) is 3.66. The van der Waals surface area contributed by atoms with Crippen molar-refractivity contribution in [3.63, 3.8) is 0 Å². The number of aliphatic hydroxyl groups is 1. The van der Waals surface area contributed by atoms with Crippen LogP contribution in [-0.4, -0.2) is 19.9 Å². The Morgan fingerprint density at radius 1 is 1.29 bits per heavy atom. The Kier molecular flexibility index (Phi) is 3.78. The Hall–Kier alpha value is -1.72. The fraction of sp³-hybridized carbons (Fsp3) is 0.375. The van der Waals surface area contributed by atoms with Crippen molar-refractivity contribution in [1.29, 1.82) is 0 Å². The molecule has 5 heteroatoms. The van der Waals surface area contributed by atoms with E-state index in [0.717, 1.165) is 38.7 Å². The number of rotatable bonds is 4. The summed E-state index contributed by atoms with van der Waals surface area (Å²) in [5.41, 5.74) is 2.99. The van der Waals surface area contributed by atoms with Crippen molar-refractivity contribution >= 4 is 22.2 Å². The number of fused-ring (bicyclic) bond motifs is 1. The van der Waals surface area contributed by atoms with Crippen molar-refractivity contribution in [2.45, 2.75) is 39.8 Å². The molecule has 1 atom stereocenters. The molecule has 4 nitrogen and oxygen atoms in total. The minimum absolute atomic E-state index is 0.524.